The lowest BCUT2D eigenvalue weighted by Gasteiger charge is -2.29. The average Bonchev–Trinajstić information content (AvgIpc) is 2.45. The molecule has 0 bridgehead atoms. The van der Waals surface area contributed by atoms with Gasteiger partial charge in [0.15, 0.2) is 5.82 Å². The minimum atomic E-state index is 0.109. The van der Waals surface area contributed by atoms with Gasteiger partial charge >= 0.3 is 0 Å². The summed E-state index contributed by atoms with van der Waals surface area (Å²) in [6.07, 6.45) is 5.37. The van der Waals surface area contributed by atoms with E-state index in [1.807, 2.05) is 10.5 Å². The average molecular weight is 196 g/mol. The smallest absolute Gasteiger partial charge is 0.164 e. The van der Waals surface area contributed by atoms with Crippen LogP contribution in [0, 0.1) is 0 Å². The number of rotatable bonds is 0. The maximum atomic E-state index is 4.16. The molecule has 70 valence electrons. The Bertz CT molecular complexity index is 300. The molecule has 4 nitrogen and oxygen atoms in total. The summed E-state index contributed by atoms with van der Waals surface area (Å²) in [5.74, 6) is 0.940. The first-order chi connectivity index (χ1) is 6.07. The molecule has 2 rings (SSSR count). The van der Waals surface area contributed by atoms with Gasteiger partial charge in [0.05, 0.1) is 18.3 Å². The zero-order valence-electron chi connectivity index (χ0n) is 7.93. The number of fused-ring (bicyclic) bond motifs is 1. The summed E-state index contributed by atoms with van der Waals surface area (Å²) in [4.78, 5) is 8.11. The van der Waals surface area contributed by atoms with Crippen molar-refractivity contribution in [2.24, 2.45) is 9.98 Å². The Balaban J connectivity index is 2.21. The van der Waals surface area contributed by atoms with E-state index in [1.54, 1.807) is 24.8 Å². The van der Waals surface area contributed by atoms with Gasteiger partial charge in [-0.1, -0.05) is 0 Å². The fourth-order valence-corrected chi connectivity index (χ4v) is 1.84. The van der Waals surface area contributed by atoms with Crippen LogP contribution >= 0.6 is 12.1 Å². The van der Waals surface area contributed by atoms with Crippen molar-refractivity contribution in [1.29, 1.82) is 0 Å². The molecule has 0 unspecified atom stereocenters. The first-order valence-corrected chi connectivity index (χ1v) is 4.85. The highest BCUT2D eigenvalue weighted by Gasteiger charge is 2.29. The quantitative estimate of drug-likeness (QED) is 0.554. The van der Waals surface area contributed by atoms with Crippen LogP contribution in [0.4, 0.5) is 0 Å². The van der Waals surface area contributed by atoms with E-state index in [2.05, 4.69) is 35.1 Å². The molecule has 0 atom stereocenters. The summed E-state index contributed by atoms with van der Waals surface area (Å²) in [6.45, 7) is 6.49. The normalized spacial score (nSPS) is 20.7. The Hall–Kier alpha value is -0.970. The lowest BCUT2D eigenvalue weighted by Crippen LogP contribution is -2.31. The van der Waals surface area contributed by atoms with Crippen molar-refractivity contribution in [3.05, 3.63) is 12.0 Å². The van der Waals surface area contributed by atoms with Crippen LogP contribution in [0.1, 0.15) is 20.8 Å². The molecule has 0 amide bonds. The summed E-state index contributed by atoms with van der Waals surface area (Å²) in [6, 6.07) is 0. The zero-order chi connectivity index (χ0) is 9.47. The van der Waals surface area contributed by atoms with Crippen molar-refractivity contribution in [3.8, 4) is 0 Å². The molecule has 0 N–H and O–H groups in total. The molecule has 0 aromatic heterocycles. The molecule has 0 saturated heterocycles. The summed E-state index contributed by atoms with van der Waals surface area (Å²) >= 11 is 1.61. The van der Waals surface area contributed by atoms with E-state index in [0.29, 0.717) is 0 Å². The Kier molecular flexibility index (Phi) is 1.83. The first kappa shape index (κ1) is 8.62. The zero-order valence-corrected chi connectivity index (χ0v) is 8.75. The topological polar surface area (TPSA) is 31.2 Å². The lowest BCUT2D eigenvalue weighted by molar-refractivity contribution is 0.351. The fourth-order valence-electron chi connectivity index (χ4n) is 0.991. The first-order valence-electron chi connectivity index (χ1n) is 4.12. The van der Waals surface area contributed by atoms with E-state index >= 15 is 0 Å². The largest absolute Gasteiger partial charge is 0.296 e. The van der Waals surface area contributed by atoms with Gasteiger partial charge in [0.25, 0.3) is 0 Å². The van der Waals surface area contributed by atoms with Crippen LogP contribution in [0.25, 0.3) is 0 Å². The highest BCUT2D eigenvalue weighted by Crippen LogP contribution is 2.36. The van der Waals surface area contributed by atoms with Crippen LogP contribution in [0.2, 0.25) is 0 Å². The molecule has 2 aliphatic rings. The molecule has 0 aromatic carbocycles. The predicted octanol–water partition coefficient (Wildman–Crippen LogP) is 1.83. The summed E-state index contributed by atoms with van der Waals surface area (Å²) in [5, 5.41) is 0. The molecular formula is C8H12N4S. The van der Waals surface area contributed by atoms with Crippen molar-refractivity contribution in [1.82, 2.24) is 8.61 Å². The molecule has 13 heavy (non-hydrogen) atoms. The Morgan fingerprint density at radius 1 is 1.38 bits per heavy atom. The van der Waals surface area contributed by atoms with Crippen molar-refractivity contribution in [2.75, 3.05) is 0 Å². The van der Waals surface area contributed by atoms with E-state index < -0.39 is 0 Å². The maximum Gasteiger partial charge on any atom is 0.164 e. The molecule has 0 radical (unpaired) electrons. The third-order valence-electron chi connectivity index (χ3n) is 1.72. The van der Waals surface area contributed by atoms with Crippen molar-refractivity contribution in [3.63, 3.8) is 0 Å². The van der Waals surface area contributed by atoms with Crippen LogP contribution < -0.4 is 0 Å². The minimum absolute atomic E-state index is 0.109. The van der Waals surface area contributed by atoms with Crippen molar-refractivity contribution < 1.29 is 0 Å². The maximum absolute atomic E-state index is 4.16. The highest BCUT2D eigenvalue weighted by atomic mass is 32.2. The summed E-state index contributed by atoms with van der Waals surface area (Å²) in [5.41, 5.74) is 0.109. The third-order valence-corrected chi connectivity index (χ3v) is 3.01. The van der Waals surface area contributed by atoms with E-state index in [9.17, 15) is 0 Å². The Labute approximate surface area is 82.3 Å². The number of aliphatic imine (C=N–C) groups is 2. The van der Waals surface area contributed by atoms with Gasteiger partial charge in [-0.15, -0.1) is 0 Å². The van der Waals surface area contributed by atoms with E-state index in [1.165, 1.54) is 0 Å². The standard InChI is InChI=1S/C8H12N4S/c1-8(2,3)12-4-7-10-5-9-6-11(7)13-12/h4-6H,1-3H3. The molecule has 0 aliphatic carbocycles. The van der Waals surface area contributed by atoms with Gasteiger partial charge in [-0.3, -0.25) is 4.31 Å². The Morgan fingerprint density at radius 2 is 2.15 bits per heavy atom. The SMILES string of the molecule is CC(C)(C)N1C=C2N=CN=CN2S1. The van der Waals surface area contributed by atoms with Crippen LogP contribution in [0.5, 0.6) is 0 Å². The fraction of sp³-hybridized carbons (Fsp3) is 0.500. The van der Waals surface area contributed by atoms with Crippen LogP contribution in [-0.2, 0) is 0 Å². The van der Waals surface area contributed by atoms with Crippen LogP contribution in [0.15, 0.2) is 22.0 Å². The van der Waals surface area contributed by atoms with Gasteiger partial charge in [-0.25, -0.2) is 14.3 Å². The van der Waals surface area contributed by atoms with Gasteiger partial charge in [0.2, 0.25) is 0 Å². The third kappa shape index (κ3) is 1.56. The van der Waals surface area contributed by atoms with Crippen LogP contribution in [0.3, 0.4) is 0 Å². The summed E-state index contributed by atoms with van der Waals surface area (Å²) in [7, 11) is 0. The molecule has 0 spiro atoms. The second-order valence-electron chi connectivity index (χ2n) is 3.90. The monoisotopic (exact) mass is 196 g/mol. The summed E-state index contributed by atoms with van der Waals surface area (Å²) < 4.78 is 4.11. The second kappa shape index (κ2) is 2.77. The number of hydrogen-bond acceptors (Lipinski definition) is 5. The molecule has 2 aliphatic heterocycles. The predicted molar refractivity (Wildman–Crippen MR) is 56.1 cm³/mol. The number of nitrogens with zero attached hydrogens (tertiary/aromatic N) is 4. The van der Waals surface area contributed by atoms with Crippen LogP contribution in [-0.4, -0.2) is 26.8 Å². The molecule has 0 saturated carbocycles. The van der Waals surface area contributed by atoms with Gasteiger partial charge in [0, 0.05) is 5.54 Å². The van der Waals surface area contributed by atoms with Gasteiger partial charge < -0.3 is 0 Å². The van der Waals surface area contributed by atoms with Gasteiger partial charge in [-0.2, -0.15) is 0 Å². The van der Waals surface area contributed by atoms with Crippen molar-refractivity contribution in [2.45, 2.75) is 26.3 Å². The highest BCUT2D eigenvalue weighted by molar-refractivity contribution is 7.95. The number of hydrogen-bond donors (Lipinski definition) is 0. The van der Waals surface area contributed by atoms with E-state index in [0.717, 1.165) is 5.82 Å². The molecule has 0 aromatic rings. The van der Waals surface area contributed by atoms with Gasteiger partial charge in [0.1, 0.15) is 12.7 Å². The molecule has 2 heterocycles. The molecular weight excluding hydrogens is 184 g/mol. The van der Waals surface area contributed by atoms with Crippen molar-refractivity contribution >= 4 is 24.8 Å². The molecule has 5 heteroatoms. The van der Waals surface area contributed by atoms with E-state index in [4.69, 9.17) is 0 Å². The van der Waals surface area contributed by atoms with E-state index in [-0.39, 0.29) is 5.54 Å². The minimum Gasteiger partial charge on any atom is -0.296 e. The van der Waals surface area contributed by atoms with Gasteiger partial charge in [-0.05, 0) is 20.8 Å². The molecule has 0 fully saturated rings. The second-order valence-corrected chi connectivity index (χ2v) is 4.85. The lowest BCUT2D eigenvalue weighted by atomic mass is 10.1. The Morgan fingerprint density at radius 3 is 2.77 bits per heavy atom.